The van der Waals surface area contributed by atoms with Gasteiger partial charge in [0.1, 0.15) is 4.88 Å². The molecule has 2 aliphatic rings. The number of rotatable bonds is 8. The molecule has 2 saturated carbocycles. The van der Waals surface area contributed by atoms with Crippen molar-refractivity contribution in [2.24, 2.45) is 17.3 Å². The molecular weight excluding hydrogens is 382 g/mol. The Balaban J connectivity index is 0.000000234. The first-order valence-corrected chi connectivity index (χ1v) is 11.8. The molecule has 2 N–H and O–H groups in total. The number of aromatic carboxylic acids is 1. The van der Waals surface area contributed by atoms with Gasteiger partial charge in [-0.3, -0.25) is 0 Å². The van der Waals surface area contributed by atoms with E-state index in [-0.39, 0.29) is 17.4 Å². The lowest BCUT2D eigenvalue weighted by Crippen LogP contribution is -2.40. The molecule has 3 atom stereocenters. The third-order valence-electron chi connectivity index (χ3n) is 6.55. The first kappa shape index (κ1) is 23.6. The molecule has 0 saturated heterocycles. The van der Waals surface area contributed by atoms with Gasteiger partial charge >= 0.3 is 5.97 Å². The van der Waals surface area contributed by atoms with Gasteiger partial charge in [0.05, 0.1) is 12.2 Å². The number of hydrogen-bond donors (Lipinski definition) is 2. The van der Waals surface area contributed by atoms with E-state index in [0.717, 1.165) is 49.8 Å². The monoisotopic (exact) mass is 417 g/mol. The number of hydrogen-bond acceptors (Lipinski definition) is 4. The molecule has 0 bridgehead atoms. The van der Waals surface area contributed by atoms with Crippen molar-refractivity contribution in [2.75, 3.05) is 0 Å². The number of thiophene rings is 1. The van der Waals surface area contributed by atoms with E-state index in [9.17, 15) is 9.90 Å². The maximum absolute atomic E-state index is 10.4. The average molecular weight is 418 g/mol. The Bertz CT molecular complexity index is 708. The molecule has 0 spiro atoms. The van der Waals surface area contributed by atoms with Crippen LogP contribution in [0.25, 0.3) is 0 Å². The van der Waals surface area contributed by atoms with Crippen molar-refractivity contribution in [2.45, 2.75) is 84.2 Å². The summed E-state index contributed by atoms with van der Waals surface area (Å²) in [6, 6.07) is 5.91. The molecule has 1 heterocycles. The predicted octanol–water partition coefficient (Wildman–Crippen LogP) is 6.21. The van der Waals surface area contributed by atoms with E-state index in [1.165, 1.54) is 30.6 Å². The van der Waals surface area contributed by atoms with Crippen molar-refractivity contribution in [3.8, 4) is 6.07 Å². The second kappa shape index (κ2) is 11.5. The minimum absolute atomic E-state index is 0.166. The van der Waals surface area contributed by atoms with E-state index in [1.807, 2.05) is 6.07 Å². The Morgan fingerprint density at radius 1 is 1.38 bits per heavy atom. The standard InChI is InChI=1S/C16H25NO.C8H10O2S/c1-2-16(9-4-10-16)15(18)6-3-5-13-7-8-14(11-13)12-17;1-2-3-6-4-5-7(11-6)8(9)10/h3,5,13-15,18H,2,4,6-11H2,1H3;4-5H,2-3H2,1H3,(H,9,10)/b5-3+;/t13-,14+,15?;/m0./s1. The summed E-state index contributed by atoms with van der Waals surface area (Å²) in [5.74, 6) is 0.0105. The molecule has 4 nitrogen and oxygen atoms in total. The predicted molar refractivity (Wildman–Crippen MR) is 118 cm³/mol. The third-order valence-corrected chi connectivity index (χ3v) is 7.69. The fourth-order valence-corrected chi connectivity index (χ4v) is 5.33. The molecule has 1 aromatic heterocycles. The van der Waals surface area contributed by atoms with E-state index in [4.69, 9.17) is 10.4 Å². The summed E-state index contributed by atoms with van der Waals surface area (Å²) in [5, 5.41) is 27.7. The topological polar surface area (TPSA) is 81.3 Å². The van der Waals surface area contributed by atoms with E-state index < -0.39 is 5.97 Å². The normalized spacial score (nSPS) is 23.7. The van der Waals surface area contributed by atoms with Gasteiger partial charge in [0.25, 0.3) is 0 Å². The molecule has 0 aliphatic heterocycles. The SMILES string of the molecule is CCC1(C(O)C/C=C/[C@H]2CC[C@@H](C#N)C2)CCC1.CCCc1ccc(C(=O)O)s1. The Kier molecular flexibility index (Phi) is 9.39. The van der Waals surface area contributed by atoms with E-state index >= 15 is 0 Å². The molecule has 2 aliphatic carbocycles. The third kappa shape index (κ3) is 6.69. The van der Waals surface area contributed by atoms with Crippen LogP contribution in [0.3, 0.4) is 0 Å². The van der Waals surface area contributed by atoms with Gasteiger partial charge in [0.15, 0.2) is 0 Å². The first-order valence-electron chi connectivity index (χ1n) is 11.0. The van der Waals surface area contributed by atoms with Crippen LogP contribution in [-0.2, 0) is 6.42 Å². The lowest BCUT2D eigenvalue weighted by Gasteiger charge is -2.45. The van der Waals surface area contributed by atoms with Crippen LogP contribution in [0, 0.1) is 28.6 Å². The van der Waals surface area contributed by atoms with Gasteiger partial charge in [-0.15, -0.1) is 11.3 Å². The van der Waals surface area contributed by atoms with E-state index in [2.05, 4.69) is 32.1 Å². The average Bonchev–Trinajstić information content (AvgIpc) is 3.32. The largest absolute Gasteiger partial charge is 0.477 e. The Hall–Kier alpha value is -1.64. The lowest BCUT2D eigenvalue weighted by molar-refractivity contribution is -0.0355. The summed E-state index contributed by atoms with van der Waals surface area (Å²) in [4.78, 5) is 12.0. The molecule has 0 aromatic carbocycles. The van der Waals surface area contributed by atoms with Crippen molar-refractivity contribution in [1.82, 2.24) is 0 Å². The highest BCUT2D eigenvalue weighted by Crippen LogP contribution is 2.47. The molecule has 160 valence electrons. The van der Waals surface area contributed by atoms with Crippen molar-refractivity contribution in [1.29, 1.82) is 5.26 Å². The van der Waals surface area contributed by atoms with Gasteiger partial charge in [-0.2, -0.15) is 5.26 Å². The molecule has 0 radical (unpaired) electrons. The van der Waals surface area contributed by atoms with Crippen LogP contribution < -0.4 is 0 Å². The fourth-order valence-electron chi connectivity index (χ4n) is 4.39. The summed E-state index contributed by atoms with van der Waals surface area (Å²) in [6.07, 6.45) is 15.0. The zero-order valence-corrected chi connectivity index (χ0v) is 18.6. The number of allylic oxidation sites excluding steroid dienone is 1. The Morgan fingerprint density at radius 3 is 2.62 bits per heavy atom. The molecule has 5 heteroatoms. The van der Waals surface area contributed by atoms with Crippen LogP contribution in [0.2, 0.25) is 0 Å². The van der Waals surface area contributed by atoms with Gasteiger partial charge in [-0.1, -0.05) is 38.8 Å². The fraction of sp³-hybridized carbons (Fsp3) is 0.667. The highest BCUT2D eigenvalue weighted by molar-refractivity contribution is 7.13. The minimum Gasteiger partial charge on any atom is -0.477 e. The van der Waals surface area contributed by atoms with Crippen molar-refractivity contribution < 1.29 is 15.0 Å². The summed E-state index contributed by atoms with van der Waals surface area (Å²) in [5.41, 5.74) is 0.217. The summed E-state index contributed by atoms with van der Waals surface area (Å²) in [6.45, 7) is 4.28. The van der Waals surface area contributed by atoms with Gasteiger partial charge < -0.3 is 10.2 Å². The zero-order chi connectivity index (χ0) is 21.3. The molecule has 29 heavy (non-hydrogen) atoms. The van der Waals surface area contributed by atoms with Crippen LogP contribution in [0.4, 0.5) is 0 Å². The second-order valence-corrected chi connectivity index (χ2v) is 9.64. The maximum atomic E-state index is 10.4. The summed E-state index contributed by atoms with van der Waals surface area (Å²) >= 11 is 1.37. The van der Waals surface area contributed by atoms with Crippen LogP contribution in [0.5, 0.6) is 0 Å². The number of aryl methyl sites for hydroxylation is 1. The quantitative estimate of drug-likeness (QED) is 0.492. The highest BCUT2D eigenvalue weighted by atomic mass is 32.1. The number of aliphatic hydroxyl groups excluding tert-OH is 1. The van der Waals surface area contributed by atoms with Gasteiger partial charge in [-0.25, -0.2) is 4.79 Å². The van der Waals surface area contributed by atoms with Crippen molar-refractivity contribution >= 4 is 17.3 Å². The van der Waals surface area contributed by atoms with E-state index in [1.54, 1.807) is 6.07 Å². The molecule has 0 amide bonds. The Labute approximate surface area is 179 Å². The maximum Gasteiger partial charge on any atom is 0.345 e. The van der Waals surface area contributed by atoms with Crippen molar-refractivity contribution in [3.05, 3.63) is 34.0 Å². The lowest BCUT2D eigenvalue weighted by atomic mass is 9.63. The number of nitrogens with zero attached hydrogens (tertiary/aromatic N) is 1. The molecule has 1 unspecified atom stereocenters. The van der Waals surface area contributed by atoms with Crippen LogP contribution in [0.15, 0.2) is 24.3 Å². The number of carboxylic acids is 1. The summed E-state index contributed by atoms with van der Waals surface area (Å²) in [7, 11) is 0. The molecule has 3 rings (SSSR count). The van der Waals surface area contributed by atoms with Gasteiger partial charge in [0, 0.05) is 10.8 Å². The number of aliphatic hydroxyl groups is 1. The molecule has 1 aromatic rings. The smallest absolute Gasteiger partial charge is 0.345 e. The molecule has 2 fully saturated rings. The summed E-state index contributed by atoms with van der Waals surface area (Å²) < 4.78 is 0. The molecular formula is C24H35NO3S. The van der Waals surface area contributed by atoms with Crippen LogP contribution >= 0.6 is 11.3 Å². The van der Waals surface area contributed by atoms with Gasteiger partial charge in [0.2, 0.25) is 0 Å². The zero-order valence-electron chi connectivity index (χ0n) is 17.8. The minimum atomic E-state index is -0.822. The van der Waals surface area contributed by atoms with Crippen LogP contribution in [0.1, 0.15) is 86.2 Å². The first-order chi connectivity index (χ1) is 13.9. The second-order valence-electron chi connectivity index (χ2n) is 8.47. The van der Waals surface area contributed by atoms with Crippen LogP contribution in [-0.4, -0.2) is 22.3 Å². The van der Waals surface area contributed by atoms with Crippen molar-refractivity contribution in [3.63, 3.8) is 0 Å². The van der Waals surface area contributed by atoms with Gasteiger partial charge in [-0.05, 0) is 74.8 Å². The van der Waals surface area contributed by atoms with E-state index in [0.29, 0.717) is 10.8 Å². The Morgan fingerprint density at radius 2 is 2.14 bits per heavy atom. The highest BCUT2D eigenvalue weighted by Gasteiger charge is 2.40. The number of nitriles is 1. The number of carbonyl (C=O) groups is 1. The number of carboxylic acid groups (broad SMARTS) is 1.